The first-order valence-electron chi connectivity index (χ1n) is 6.13. The Kier molecular flexibility index (Phi) is 3.02. The first-order valence-corrected chi connectivity index (χ1v) is 6.13. The Morgan fingerprint density at radius 2 is 2.14 bits per heavy atom. The number of hydrogen-bond acceptors (Lipinski definition) is 4. The average molecular weight is 286 g/mol. The molecule has 2 N–H and O–H groups in total. The molecule has 7 heteroatoms. The number of carbonyl (C=O) groups is 1. The number of hydrogen-bond donors (Lipinski definition) is 2. The highest BCUT2D eigenvalue weighted by Crippen LogP contribution is 2.30. The molecule has 0 fully saturated rings. The van der Waals surface area contributed by atoms with Crippen molar-refractivity contribution in [2.45, 2.75) is 0 Å². The first-order chi connectivity index (χ1) is 10.1. The number of rotatable bonds is 3. The summed E-state index contributed by atoms with van der Waals surface area (Å²) < 4.78 is 13.4. The van der Waals surface area contributed by atoms with Crippen molar-refractivity contribution in [3.8, 4) is 0 Å². The van der Waals surface area contributed by atoms with E-state index in [0.29, 0.717) is 11.3 Å². The van der Waals surface area contributed by atoms with Crippen LogP contribution >= 0.6 is 0 Å². The van der Waals surface area contributed by atoms with E-state index in [9.17, 15) is 14.3 Å². The third-order valence-corrected chi connectivity index (χ3v) is 3.19. The van der Waals surface area contributed by atoms with Crippen molar-refractivity contribution in [3.63, 3.8) is 0 Å². The first kappa shape index (κ1) is 13.0. The number of halogens is 1. The number of pyridine rings is 2. The molecule has 3 aromatic rings. The molecule has 6 nitrogen and oxygen atoms in total. The minimum atomic E-state index is -1.16. The standard InChI is InChI=1S/C14H11FN4O2/c1-19(10-5-7-17-12-8(10)4-6-16-12)13-9(14(20)21)2-3-11(15)18-13/h2-7H,1H3,(H,16,17)(H,20,21). The largest absolute Gasteiger partial charge is 0.478 e. The van der Waals surface area contributed by atoms with Gasteiger partial charge in [-0.2, -0.15) is 4.39 Å². The third kappa shape index (κ3) is 2.18. The highest BCUT2D eigenvalue weighted by Gasteiger charge is 2.19. The van der Waals surface area contributed by atoms with Crippen molar-refractivity contribution in [2.75, 3.05) is 11.9 Å². The Morgan fingerprint density at radius 3 is 2.90 bits per heavy atom. The van der Waals surface area contributed by atoms with Gasteiger partial charge in [0.1, 0.15) is 11.2 Å². The quantitative estimate of drug-likeness (QED) is 0.723. The summed E-state index contributed by atoms with van der Waals surface area (Å²) in [7, 11) is 1.63. The van der Waals surface area contributed by atoms with Crippen LogP contribution in [0.25, 0.3) is 11.0 Å². The number of carboxylic acids is 1. The van der Waals surface area contributed by atoms with E-state index in [-0.39, 0.29) is 11.4 Å². The number of aromatic nitrogens is 3. The van der Waals surface area contributed by atoms with E-state index in [1.54, 1.807) is 25.5 Å². The van der Waals surface area contributed by atoms with Gasteiger partial charge < -0.3 is 15.0 Å². The highest BCUT2D eigenvalue weighted by atomic mass is 19.1. The zero-order valence-electron chi connectivity index (χ0n) is 11.0. The predicted octanol–water partition coefficient (Wildman–Crippen LogP) is 2.56. The minimum Gasteiger partial charge on any atom is -0.478 e. The number of aromatic carboxylic acids is 1. The number of H-pyrrole nitrogens is 1. The summed E-state index contributed by atoms with van der Waals surface area (Å²) in [5, 5.41) is 10.0. The lowest BCUT2D eigenvalue weighted by atomic mass is 10.2. The fourth-order valence-corrected chi connectivity index (χ4v) is 2.20. The molecule has 0 aliphatic carbocycles. The van der Waals surface area contributed by atoms with Crippen LogP contribution in [0.2, 0.25) is 0 Å². The lowest BCUT2D eigenvalue weighted by molar-refractivity contribution is 0.0697. The van der Waals surface area contributed by atoms with E-state index < -0.39 is 11.9 Å². The van der Waals surface area contributed by atoms with Crippen LogP contribution in [0.4, 0.5) is 15.9 Å². The lowest BCUT2D eigenvalue weighted by Gasteiger charge is -2.20. The van der Waals surface area contributed by atoms with Crippen LogP contribution in [-0.4, -0.2) is 33.1 Å². The molecule has 0 aromatic carbocycles. The second kappa shape index (κ2) is 4.86. The molecular weight excluding hydrogens is 275 g/mol. The zero-order valence-corrected chi connectivity index (χ0v) is 11.0. The molecule has 0 aliphatic rings. The van der Waals surface area contributed by atoms with Gasteiger partial charge in [0, 0.05) is 24.8 Å². The normalized spacial score (nSPS) is 10.8. The molecule has 0 bridgehead atoms. The fourth-order valence-electron chi connectivity index (χ4n) is 2.20. The van der Waals surface area contributed by atoms with E-state index in [1.807, 2.05) is 6.07 Å². The fraction of sp³-hybridized carbons (Fsp3) is 0.0714. The summed E-state index contributed by atoms with van der Waals surface area (Å²) in [5.74, 6) is -1.86. The number of nitrogens with zero attached hydrogens (tertiary/aromatic N) is 3. The maximum atomic E-state index is 13.4. The highest BCUT2D eigenvalue weighted by molar-refractivity contribution is 5.97. The summed E-state index contributed by atoms with van der Waals surface area (Å²) >= 11 is 0. The summed E-state index contributed by atoms with van der Waals surface area (Å²) in [6, 6.07) is 5.76. The van der Waals surface area contributed by atoms with Gasteiger partial charge in [0.25, 0.3) is 0 Å². The molecule has 106 valence electrons. The van der Waals surface area contributed by atoms with E-state index in [0.717, 1.165) is 11.5 Å². The van der Waals surface area contributed by atoms with Crippen LogP contribution < -0.4 is 4.90 Å². The van der Waals surface area contributed by atoms with Crippen LogP contribution in [0.1, 0.15) is 10.4 Å². The number of aromatic amines is 1. The molecule has 0 spiro atoms. The third-order valence-electron chi connectivity index (χ3n) is 3.19. The van der Waals surface area contributed by atoms with Crippen molar-refractivity contribution in [3.05, 3.63) is 48.2 Å². The molecule has 0 atom stereocenters. The maximum absolute atomic E-state index is 13.4. The molecule has 0 amide bonds. The van der Waals surface area contributed by atoms with E-state index in [1.165, 1.54) is 11.0 Å². The van der Waals surface area contributed by atoms with Gasteiger partial charge in [0.15, 0.2) is 5.82 Å². The molecule has 3 rings (SSSR count). The van der Waals surface area contributed by atoms with Crippen LogP contribution in [-0.2, 0) is 0 Å². The molecule has 0 saturated carbocycles. The van der Waals surface area contributed by atoms with Gasteiger partial charge >= 0.3 is 5.97 Å². The van der Waals surface area contributed by atoms with Gasteiger partial charge in [-0.25, -0.2) is 14.8 Å². The Hall–Kier alpha value is -2.96. The number of carboxylic acid groups (broad SMARTS) is 1. The monoisotopic (exact) mass is 286 g/mol. The van der Waals surface area contributed by atoms with E-state index in [4.69, 9.17) is 0 Å². The lowest BCUT2D eigenvalue weighted by Crippen LogP contribution is -2.16. The summed E-state index contributed by atoms with van der Waals surface area (Å²) in [4.78, 5) is 23.6. The van der Waals surface area contributed by atoms with Crippen LogP contribution in [0.3, 0.4) is 0 Å². The Morgan fingerprint density at radius 1 is 1.33 bits per heavy atom. The van der Waals surface area contributed by atoms with Crippen molar-refractivity contribution < 1.29 is 14.3 Å². The number of nitrogens with one attached hydrogen (secondary N) is 1. The molecule has 0 radical (unpaired) electrons. The molecule has 0 saturated heterocycles. The summed E-state index contributed by atoms with van der Waals surface area (Å²) in [6.07, 6.45) is 3.32. The Labute approximate surface area is 118 Å². The van der Waals surface area contributed by atoms with E-state index in [2.05, 4.69) is 15.0 Å². The van der Waals surface area contributed by atoms with Gasteiger partial charge in [-0.15, -0.1) is 0 Å². The smallest absolute Gasteiger partial charge is 0.339 e. The Bertz CT molecular complexity index is 831. The average Bonchev–Trinajstić information content (AvgIpc) is 2.94. The molecule has 0 aliphatic heterocycles. The topological polar surface area (TPSA) is 82.1 Å². The molecule has 3 heterocycles. The number of fused-ring (bicyclic) bond motifs is 1. The SMILES string of the molecule is CN(c1nc(F)ccc1C(=O)O)c1ccnc2[nH]ccc12. The Balaban J connectivity index is 2.18. The summed E-state index contributed by atoms with van der Waals surface area (Å²) in [6.45, 7) is 0. The van der Waals surface area contributed by atoms with Gasteiger partial charge in [-0.1, -0.05) is 0 Å². The number of anilines is 2. The van der Waals surface area contributed by atoms with Crippen LogP contribution in [0.15, 0.2) is 36.7 Å². The van der Waals surface area contributed by atoms with Crippen LogP contribution in [0, 0.1) is 5.95 Å². The predicted molar refractivity (Wildman–Crippen MR) is 75.3 cm³/mol. The molecular formula is C14H11FN4O2. The van der Waals surface area contributed by atoms with Crippen molar-refractivity contribution in [1.82, 2.24) is 15.0 Å². The van der Waals surface area contributed by atoms with Gasteiger partial charge in [-0.3, -0.25) is 0 Å². The molecule has 21 heavy (non-hydrogen) atoms. The summed E-state index contributed by atoms with van der Waals surface area (Å²) in [5.41, 5.74) is 1.27. The van der Waals surface area contributed by atoms with Crippen molar-refractivity contribution in [1.29, 1.82) is 0 Å². The second-order valence-corrected chi connectivity index (χ2v) is 4.44. The second-order valence-electron chi connectivity index (χ2n) is 4.44. The van der Waals surface area contributed by atoms with Crippen molar-refractivity contribution in [2.24, 2.45) is 0 Å². The van der Waals surface area contributed by atoms with E-state index >= 15 is 0 Å². The van der Waals surface area contributed by atoms with Crippen LogP contribution in [0.5, 0.6) is 0 Å². The van der Waals surface area contributed by atoms with Crippen molar-refractivity contribution >= 4 is 28.5 Å². The zero-order chi connectivity index (χ0) is 15.0. The van der Waals surface area contributed by atoms with Gasteiger partial charge in [0.05, 0.1) is 5.69 Å². The maximum Gasteiger partial charge on any atom is 0.339 e. The van der Waals surface area contributed by atoms with Gasteiger partial charge in [0.2, 0.25) is 5.95 Å². The molecule has 3 aromatic heterocycles. The van der Waals surface area contributed by atoms with Gasteiger partial charge in [-0.05, 0) is 24.3 Å². The minimum absolute atomic E-state index is 0.0381. The molecule has 0 unspecified atom stereocenters.